The van der Waals surface area contributed by atoms with E-state index >= 15 is 0 Å². The second kappa shape index (κ2) is 6.28. The van der Waals surface area contributed by atoms with Crippen LogP contribution in [-0.2, 0) is 9.84 Å². The van der Waals surface area contributed by atoms with Crippen LogP contribution in [0.1, 0.15) is 17.2 Å². The van der Waals surface area contributed by atoms with E-state index in [1.165, 1.54) is 17.7 Å². The molecule has 2 rings (SSSR count). The minimum atomic E-state index is -3.20. The monoisotopic (exact) mass is 305 g/mol. The predicted octanol–water partition coefficient (Wildman–Crippen LogP) is 2.54. The number of hydrogen-bond donors (Lipinski definition) is 2. The van der Waals surface area contributed by atoms with Crippen LogP contribution in [0.15, 0.2) is 53.4 Å². The molecule has 0 aliphatic rings. The van der Waals surface area contributed by atoms with Crippen molar-refractivity contribution in [2.45, 2.75) is 17.9 Å². The molecule has 0 aromatic heterocycles. The molecule has 0 spiro atoms. The van der Waals surface area contributed by atoms with E-state index in [2.05, 4.69) is 5.32 Å². The number of hydrogen-bond acceptors (Lipinski definition) is 4. The summed E-state index contributed by atoms with van der Waals surface area (Å²) in [5.74, 6) is 0. The van der Waals surface area contributed by atoms with Crippen molar-refractivity contribution in [2.75, 3.05) is 18.1 Å². The first kappa shape index (κ1) is 15.5. The average molecular weight is 305 g/mol. The SMILES string of the molecule is Cc1ccc(NC[C@@H](O)c2ccc(S(C)(=O)=O)cc2)cc1. The molecule has 0 bridgehead atoms. The number of aryl methyl sites for hydroxylation is 1. The van der Waals surface area contributed by atoms with Gasteiger partial charge in [0.05, 0.1) is 11.0 Å². The van der Waals surface area contributed by atoms with Crippen molar-refractivity contribution < 1.29 is 13.5 Å². The normalized spacial score (nSPS) is 12.9. The van der Waals surface area contributed by atoms with Crippen LogP contribution in [-0.4, -0.2) is 26.3 Å². The molecule has 0 saturated carbocycles. The Balaban J connectivity index is 2.00. The summed E-state index contributed by atoms with van der Waals surface area (Å²) in [6.45, 7) is 2.38. The number of nitrogens with one attached hydrogen (secondary N) is 1. The van der Waals surface area contributed by atoms with Crippen LogP contribution in [0.4, 0.5) is 5.69 Å². The molecule has 0 amide bonds. The van der Waals surface area contributed by atoms with E-state index in [1.54, 1.807) is 12.1 Å². The molecule has 0 aliphatic heterocycles. The zero-order chi connectivity index (χ0) is 15.5. The molecular weight excluding hydrogens is 286 g/mol. The lowest BCUT2D eigenvalue weighted by Gasteiger charge is -2.13. The van der Waals surface area contributed by atoms with Gasteiger partial charge in [-0.05, 0) is 36.8 Å². The van der Waals surface area contributed by atoms with E-state index in [9.17, 15) is 13.5 Å². The fourth-order valence-corrected chi connectivity index (χ4v) is 2.57. The molecule has 2 aromatic carbocycles. The van der Waals surface area contributed by atoms with Gasteiger partial charge in [-0.1, -0.05) is 29.8 Å². The van der Waals surface area contributed by atoms with Gasteiger partial charge in [-0.25, -0.2) is 8.42 Å². The molecule has 0 fully saturated rings. The van der Waals surface area contributed by atoms with Crippen molar-refractivity contribution in [1.29, 1.82) is 0 Å². The summed E-state index contributed by atoms with van der Waals surface area (Å²) in [5.41, 5.74) is 2.80. The van der Waals surface area contributed by atoms with Gasteiger partial charge in [-0.2, -0.15) is 0 Å². The number of sulfone groups is 1. The zero-order valence-electron chi connectivity index (χ0n) is 12.1. The highest BCUT2D eigenvalue weighted by Crippen LogP contribution is 2.17. The minimum absolute atomic E-state index is 0.255. The summed E-state index contributed by atoms with van der Waals surface area (Å²) in [5, 5.41) is 13.3. The van der Waals surface area contributed by atoms with Crippen molar-refractivity contribution in [3.63, 3.8) is 0 Å². The predicted molar refractivity (Wildman–Crippen MR) is 84.2 cm³/mol. The zero-order valence-corrected chi connectivity index (χ0v) is 12.9. The Morgan fingerprint density at radius 2 is 1.62 bits per heavy atom. The molecule has 0 unspecified atom stereocenters. The van der Waals surface area contributed by atoms with E-state index in [-0.39, 0.29) is 4.90 Å². The fraction of sp³-hybridized carbons (Fsp3) is 0.250. The maximum atomic E-state index is 11.4. The molecule has 5 heteroatoms. The van der Waals surface area contributed by atoms with Gasteiger partial charge in [0.15, 0.2) is 9.84 Å². The Labute approximate surface area is 125 Å². The number of aliphatic hydroxyl groups is 1. The van der Waals surface area contributed by atoms with Crippen molar-refractivity contribution in [2.24, 2.45) is 0 Å². The number of aliphatic hydroxyl groups excluding tert-OH is 1. The first-order chi connectivity index (χ1) is 9.86. The van der Waals surface area contributed by atoms with Crippen LogP contribution in [0.5, 0.6) is 0 Å². The average Bonchev–Trinajstić information content (AvgIpc) is 2.45. The van der Waals surface area contributed by atoms with Crippen LogP contribution in [0, 0.1) is 6.92 Å². The summed E-state index contributed by atoms with van der Waals surface area (Å²) in [4.78, 5) is 0.255. The van der Waals surface area contributed by atoms with Crippen LogP contribution in [0.25, 0.3) is 0 Å². The van der Waals surface area contributed by atoms with Crippen LogP contribution in [0.3, 0.4) is 0 Å². The topological polar surface area (TPSA) is 66.4 Å². The van der Waals surface area contributed by atoms with Gasteiger partial charge in [0.2, 0.25) is 0 Å². The van der Waals surface area contributed by atoms with Crippen molar-refractivity contribution in [3.8, 4) is 0 Å². The first-order valence-electron chi connectivity index (χ1n) is 6.65. The Kier molecular flexibility index (Phi) is 4.65. The molecule has 2 aromatic rings. The van der Waals surface area contributed by atoms with Gasteiger partial charge in [0, 0.05) is 18.5 Å². The molecule has 0 saturated heterocycles. The van der Waals surface area contributed by atoms with E-state index in [0.717, 1.165) is 11.9 Å². The number of anilines is 1. The Bertz CT molecular complexity index is 691. The Hall–Kier alpha value is -1.85. The summed E-state index contributed by atoms with van der Waals surface area (Å²) < 4.78 is 22.8. The third-order valence-electron chi connectivity index (χ3n) is 3.24. The smallest absolute Gasteiger partial charge is 0.175 e. The Morgan fingerprint density at radius 1 is 1.05 bits per heavy atom. The summed E-state index contributed by atoms with van der Waals surface area (Å²) >= 11 is 0. The highest BCUT2D eigenvalue weighted by atomic mass is 32.2. The standard InChI is InChI=1S/C16H19NO3S/c1-12-3-7-14(8-4-12)17-11-16(18)13-5-9-15(10-6-13)21(2,19)20/h3-10,16-18H,11H2,1-2H3/t16-/m1/s1. The molecule has 0 aliphatic carbocycles. The highest BCUT2D eigenvalue weighted by molar-refractivity contribution is 7.90. The van der Waals surface area contributed by atoms with Crippen LogP contribution < -0.4 is 5.32 Å². The van der Waals surface area contributed by atoms with Crippen molar-refractivity contribution in [3.05, 3.63) is 59.7 Å². The molecule has 21 heavy (non-hydrogen) atoms. The quantitative estimate of drug-likeness (QED) is 0.891. The molecule has 0 heterocycles. The molecule has 4 nitrogen and oxygen atoms in total. The van der Waals surface area contributed by atoms with E-state index in [4.69, 9.17) is 0 Å². The second-order valence-electron chi connectivity index (χ2n) is 5.10. The highest BCUT2D eigenvalue weighted by Gasteiger charge is 2.10. The molecular formula is C16H19NO3S. The van der Waals surface area contributed by atoms with E-state index in [0.29, 0.717) is 12.1 Å². The minimum Gasteiger partial charge on any atom is -0.387 e. The van der Waals surface area contributed by atoms with Crippen LogP contribution in [0.2, 0.25) is 0 Å². The molecule has 112 valence electrons. The van der Waals surface area contributed by atoms with Gasteiger partial charge in [-0.3, -0.25) is 0 Å². The van der Waals surface area contributed by atoms with Crippen molar-refractivity contribution in [1.82, 2.24) is 0 Å². The first-order valence-corrected chi connectivity index (χ1v) is 8.54. The summed E-state index contributed by atoms with van der Waals surface area (Å²) in [6, 6.07) is 14.2. The lowest BCUT2D eigenvalue weighted by atomic mass is 10.1. The second-order valence-corrected chi connectivity index (χ2v) is 7.12. The van der Waals surface area contributed by atoms with Crippen molar-refractivity contribution >= 4 is 15.5 Å². The number of benzene rings is 2. The van der Waals surface area contributed by atoms with Gasteiger partial charge >= 0.3 is 0 Å². The maximum absolute atomic E-state index is 11.4. The summed E-state index contributed by atoms with van der Waals surface area (Å²) in [6.07, 6.45) is 0.470. The van der Waals surface area contributed by atoms with Gasteiger partial charge < -0.3 is 10.4 Å². The van der Waals surface area contributed by atoms with E-state index < -0.39 is 15.9 Å². The van der Waals surface area contributed by atoms with E-state index in [1.807, 2.05) is 31.2 Å². The fourth-order valence-electron chi connectivity index (χ4n) is 1.94. The molecule has 0 radical (unpaired) electrons. The molecule has 1 atom stereocenters. The maximum Gasteiger partial charge on any atom is 0.175 e. The van der Waals surface area contributed by atoms with Gasteiger partial charge in [-0.15, -0.1) is 0 Å². The van der Waals surface area contributed by atoms with Gasteiger partial charge in [0.25, 0.3) is 0 Å². The van der Waals surface area contributed by atoms with Crippen LogP contribution >= 0.6 is 0 Å². The largest absolute Gasteiger partial charge is 0.387 e. The Morgan fingerprint density at radius 3 is 2.14 bits per heavy atom. The summed E-state index contributed by atoms with van der Waals surface area (Å²) in [7, 11) is -3.20. The number of rotatable bonds is 5. The lowest BCUT2D eigenvalue weighted by molar-refractivity contribution is 0.191. The third-order valence-corrected chi connectivity index (χ3v) is 4.37. The third kappa shape index (κ3) is 4.31. The molecule has 2 N–H and O–H groups in total. The van der Waals surface area contributed by atoms with Gasteiger partial charge in [0.1, 0.15) is 0 Å². The lowest BCUT2D eigenvalue weighted by Crippen LogP contribution is -2.12.